The number of rotatable bonds is 4. The molecule has 0 fully saturated rings. The lowest BCUT2D eigenvalue weighted by molar-refractivity contribution is 0.0702. The van der Waals surface area contributed by atoms with Crippen molar-refractivity contribution in [2.45, 2.75) is 4.21 Å². The Morgan fingerprint density at radius 1 is 1.26 bits per heavy atom. The molecule has 0 saturated heterocycles. The number of benzene rings is 1. The number of carbonyl (C=O) groups excluding carboxylic acids is 1. The summed E-state index contributed by atoms with van der Waals surface area (Å²) < 4.78 is 0.779. The number of hydrogen-bond donors (Lipinski definition) is 2. The third kappa shape index (κ3) is 3.15. The van der Waals surface area contributed by atoms with Crippen molar-refractivity contribution in [1.29, 1.82) is 0 Å². The highest BCUT2D eigenvalue weighted by atomic mass is 32.2. The Morgan fingerprint density at radius 3 is 2.53 bits per heavy atom. The lowest BCUT2D eigenvalue weighted by Crippen LogP contribution is -2.11. The zero-order valence-electron chi connectivity index (χ0n) is 10.0. The molecule has 2 aromatic rings. The van der Waals surface area contributed by atoms with Crippen LogP contribution in [0, 0.1) is 0 Å². The molecule has 1 aromatic heterocycles. The molecule has 0 bridgehead atoms. The van der Waals surface area contributed by atoms with Crippen LogP contribution in [0.25, 0.3) is 0 Å². The van der Waals surface area contributed by atoms with Crippen LogP contribution in [0.3, 0.4) is 0 Å². The predicted octanol–water partition coefficient (Wildman–Crippen LogP) is 3.42. The maximum absolute atomic E-state index is 12.0. The van der Waals surface area contributed by atoms with Gasteiger partial charge in [0.1, 0.15) is 4.88 Å². The molecule has 0 atom stereocenters. The van der Waals surface area contributed by atoms with Crippen molar-refractivity contribution in [2.75, 3.05) is 11.6 Å². The summed E-state index contributed by atoms with van der Waals surface area (Å²) in [6.07, 6.45) is 1.84. The first kappa shape index (κ1) is 13.6. The molecule has 2 rings (SSSR count). The van der Waals surface area contributed by atoms with Crippen LogP contribution in [0.15, 0.2) is 40.6 Å². The van der Waals surface area contributed by atoms with Crippen LogP contribution in [0.1, 0.15) is 20.0 Å². The van der Waals surface area contributed by atoms with Gasteiger partial charge < -0.3 is 10.4 Å². The summed E-state index contributed by atoms with van der Waals surface area (Å²) in [5.41, 5.74) is 1.08. The van der Waals surface area contributed by atoms with E-state index in [9.17, 15) is 9.59 Å². The summed E-state index contributed by atoms with van der Waals surface area (Å²) in [6.45, 7) is 0. The molecule has 1 aromatic carbocycles. The van der Waals surface area contributed by atoms with Crippen molar-refractivity contribution in [1.82, 2.24) is 0 Å². The minimum atomic E-state index is -0.986. The van der Waals surface area contributed by atoms with E-state index >= 15 is 0 Å². The molecule has 2 N–H and O–H groups in total. The number of thiophene rings is 1. The third-order valence-corrected chi connectivity index (χ3v) is 4.64. The minimum absolute atomic E-state index is 0.215. The number of thioether (sulfide) groups is 1. The maximum atomic E-state index is 12.0. The molecular formula is C13H11NO3S2. The zero-order chi connectivity index (χ0) is 13.8. The van der Waals surface area contributed by atoms with E-state index in [1.165, 1.54) is 17.8 Å². The topological polar surface area (TPSA) is 66.4 Å². The van der Waals surface area contributed by atoms with Gasteiger partial charge in [-0.1, -0.05) is 18.2 Å². The van der Waals surface area contributed by atoms with Gasteiger partial charge in [0.25, 0.3) is 5.91 Å². The lowest BCUT2D eigenvalue weighted by Gasteiger charge is -2.04. The number of anilines is 1. The number of carbonyl (C=O) groups is 2. The molecule has 98 valence electrons. The van der Waals surface area contributed by atoms with Gasteiger partial charge >= 0.3 is 5.97 Å². The Labute approximate surface area is 118 Å². The van der Waals surface area contributed by atoms with Gasteiger partial charge in [0.2, 0.25) is 0 Å². The van der Waals surface area contributed by atoms with Gasteiger partial charge in [-0.15, -0.1) is 23.1 Å². The van der Waals surface area contributed by atoms with E-state index in [1.54, 1.807) is 24.3 Å². The van der Waals surface area contributed by atoms with Crippen LogP contribution in [0.5, 0.6) is 0 Å². The Kier molecular flexibility index (Phi) is 4.24. The van der Waals surface area contributed by atoms with Crippen LogP contribution in [-0.2, 0) is 0 Å². The number of amides is 1. The predicted molar refractivity (Wildman–Crippen MR) is 77.5 cm³/mol. The van der Waals surface area contributed by atoms with E-state index in [1.807, 2.05) is 12.3 Å². The summed E-state index contributed by atoms with van der Waals surface area (Å²) in [5.74, 6) is -1.23. The highest BCUT2D eigenvalue weighted by Gasteiger charge is 2.15. The van der Waals surface area contributed by atoms with Gasteiger partial charge in [0, 0.05) is 5.56 Å². The summed E-state index contributed by atoms with van der Waals surface area (Å²) >= 11 is 2.56. The first-order valence-electron chi connectivity index (χ1n) is 5.39. The number of carboxylic acids is 1. The fourth-order valence-electron chi connectivity index (χ4n) is 1.50. The van der Waals surface area contributed by atoms with Gasteiger partial charge in [0.05, 0.1) is 9.90 Å². The molecular weight excluding hydrogens is 282 g/mol. The van der Waals surface area contributed by atoms with Crippen molar-refractivity contribution >= 4 is 40.7 Å². The lowest BCUT2D eigenvalue weighted by atomic mass is 10.2. The van der Waals surface area contributed by atoms with E-state index in [4.69, 9.17) is 5.11 Å². The molecule has 0 saturated carbocycles. The Bertz CT molecular complexity index is 608. The van der Waals surface area contributed by atoms with Crippen molar-refractivity contribution in [3.05, 3.63) is 46.8 Å². The van der Waals surface area contributed by atoms with Gasteiger partial charge in [0.15, 0.2) is 0 Å². The summed E-state index contributed by atoms with van der Waals surface area (Å²) in [5, 5.41) is 11.7. The molecule has 0 aliphatic rings. The number of hydrogen-bond acceptors (Lipinski definition) is 4. The van der Waals surface area contributed by atoms with Gasteiger partial charge in [-0.25, -0.2) is 4.79 Å². The minimum Gasteiger partial charge on any atom is -0.477 e. The van der Waals surface area contributed by atoms with Crippen LogP contribution < -0.4 is 5.32 Å². The molecule has 0 aliphatic heterocycles. The highest BCUT2D eigenvalue weighted by Crippen LogP contribution is 2.35. The van der Waals surface area contributed by atoms with Crippen molar-refractivity contribution in [3.8, 4) is 0 Å². The van der Waals surface area contributed by atoms with E-state index in [0.717, 1.165) is 15.5 Å². The number of nitrogens with one attached hydrogen (secondary N) is 1. The summed E-state index contributed by atoms with van der Waals surface area (Å²) in [4.78, 5) is 23.1. The smallest absolute Gasteiger partial charge is 0.345 e. The second kappa shape index (κ2) is 5.90. The van der Waals surface area contributed by atoms with Gasteiger partial charge in [-0.3, -0.25) is 4.79 Å². The fourth-order valence-corrected chi connectivity index (χ4v) is 3.12. The largest absolute Gasteiger partial charge is 0.477 e. The standard InChI is InChI=1S/C13H11NO3S2/c1-18-13-9(7-10(19-13)12(16)17)14-11(15)8-5-3-2-4-6-8/h2-7H,1H3,(H,14,15)(H,16,17). The van der Waals surface area contributed by atoms with E-state index < -0.39 is 5.97 Å². The van der Waals surface area contributed by atoms with Crippen LogP contribution in [0.4, 0.5) is 5.69 Å². The normalized spacial score (nSPS) is 10.2. The fraction of sp³-hybridized carbons (Fsp3) is 0.0769. The Hall–Kier alpha value is -1.79. The highest BCUT2D eigenvalue weighted by molar-refractivity contribution is 8.00. The van der Waals surface area contributed by atoms with Crippen molar-refractivity contribution < 1.29 is 14.7 Å². The quantitative estimate of drug-likeness (QED) is 0.848. The molecule has 19 heavy (non-hydrogen) atoms. The first-order valence-corrected chi connectivity index (χ1v) is 7.43. The van der Waals surface area contributed by atoms with Crippen LogP contribution in [-0.4, -0.2) is 23.2 Å². The second-order valence-corrected chi connectivity index (χ2v) is 5.77. The van der Waals surface area contributed by atoms with Gasteiger partial charge in [-0.2, -0.15) is 0 Å². The summed E-state index contributed by atoms with van der Waals surface area (Å²) in [6, 6.07) is 10.3. The van der Waals surface area contributed by atoms with E-state index in [2.05, 4.69) is 5.32 Å². The number of aromatic carboxylic acids is 1. The van der Waals surface area contributed by atoms with Crippen molar-refractivity contribution in [3.63, 3.8) is 0 Å². The zero-order valence-corrected chi connectivity index (χ0v) is 11.7. The van der Waals surface area contributed by atoms with Crippen LogP contribution in [0.2, 0.25) is 0 Å². The average Bonchev–Trinajstić information content (AvgIpc) is 2.83. The molecule has 1 amide bonds. The molecule has 0 unspecified atom stereocenters. The third-order valence-electron chi connectivity index (χ3n) is 2.38. The van der Waals surface area contributed by atoms with Crippen LogP contribution >= 0.6 is 23.1 Å². The molecule has 4 nitrogen and oxygen atoms in total. The van der Waals surface area contributed by atoms with E-state index in [-0.39, 0.29) is 10.8 Å². The molecule has 1 heterocycles. The second-order valence-electron chi connectivity index (χ2n) is 3.64. The maximum Gasteiger partial charge on any atom is 0.345 e. The van der Waals surface area contributed by atoms with Gasteiger partial charge in [-0.05, 0) is 24.5 Å². The Morgan fingerprint density at radius 2 is 1.95 bits per heavy atom. The molecule has 0 aliphatic carbocycles. The first-order chi connectivity index (χ1) is 9.11. The van der Waals surface area contributed by atoms with Crippen molar-refractivity contribution in [2.24, 2.45) is 0 Å². The monoisotopic (exact) mass is 293 g/mol. The summed E-state index contributed by atoms with van der Waals surface area (Å²) in [7, 11) is 0. The average molecular weight is 293 g/mol. The molecule has 0 radical (unpaired) electrons. The SMILES string of the molecule is CSc1sc(C(=O)O)cc1NC(=O)c1ccccc1. The number of carboxylic acid groups (broad SMARTS) is 1. The van der Waals surface area contributed by atoms with E-state index in [0.29, 0.717) is 11.3 Å². The Balaban J connectivity index is 2.23. The molecule has 6 heteroatoms. The molecule has 0 spiro atoms.